The van der Waals surface area contributed by atoms with Crippen LogP contribution in [0.25, 0.3) is 0 Å². The van der Waals surface area contributed by atoms with Gasteiger partial charge in [-0.1, -0.05) is 23.7 Å². The van der Waals surface area contributed by atoms with Crippen molar-refractivity contribution in [3.8, 4) is 5.75 Å². The number of hydrogen-bond acceptors (Lipinski definition) is 4. The first-order valence-electron chi connectivity index (χ1n) is 8.75. The zero-order chi connectivity index (χ0) is 18.1. The van der Waals surface area contributed by atoms with Gasteiger partial charge in [0.05, 0.1) is 21.4 Å². The molecule has 0 saturated carbocycles. The molecule has 0 N–H and O–H groups in total. The Balaban J connectivity index is 1.62. The van der Waals surface area contributed by atoms with Gasteiger partial charge in [0.15, 0.2) is 6.10 Å². The average molecular weight is 391 g/mol. The predicted octanol–water partition coefficient (Wildman–Crippen LogP) is 3.82. The number of ether oxygens (including phenoxy) is 1. The molecule has 1 fully saturated rings. The number of para-hydroxylation sites is 2. The molecule has 136 valence electrons. The molecule has 1 atom stereocenters. The smallest absolute Gasteiger partial charge is 0.268 e. The SMILES string of the molecule is O=C([C@H]1CN(C(=O)c2ccc(Cl)s2)c2ccccc2O1)N1CCCCC1. The van der Waals surface area contributed by atoms with Crippen LogP contribution in [0.15, 0.2) is 36.4 Å². The van der Waals surface area contributed by atoms with E-state index in [4.69, 9.17) is 16.3 Å². The number of amides is 2. The van der Waals surface area contributed by atoms with Gasteiger partial charge in [-0.3, -0.25) is 14.5 Å². The molecule has 7 heteroatoms. The minimum absolute atomic E-state index is 0.0405. The summed E-state index contributed by atoms with van der Waals surface area (Å²) in [5.74, 6) is 0.362. The first kappa shape index (κ1) is 17.4. The number of nitrogens with zero attached hydrogens (tertiary/aromatic N) is 2. The lowest BCUT2D eigenvalue weighted by Gasteiger charge is -2.37. The van der Waals surface area contributed by atoms with Gasteiger partial charge in [0.25, 0.3) is 11.8 Å². The fourth-order valence-electron chi connectivity index (χ4n) is 3.44. The third kappa shape index (κ3) is 3.31. The number of anilines is 1. The van der Waals surface area contributed by atoms with E-state index in [0.29, 0.717) is 20.7 Å². The number of carbonyl (C=O) groups excluding carboxylic acids is 2. The summed E-state index contributed by atoms with van der Waals surface area (Å²) >= 11 is 7.23. The largest absolute Gasteiger partial charge is 0.476 e. The second-order valence-electron chi connectivity index (χ2n) is 6.48. The van der Waals surface area contributed by atoms with Gasteiger partial charge in [-0.2, -0.15) is 0 Å². The maximum Gasteiger partial charge on any atom is 0.268 e. The van der Waals surface area contributed by atoms with Crippen LogP contribution >= 0.6 is 22.9 Å². The number of carbonyl (C=O) groups is 2. The van der Waals surface area contributed by atoms with Crippen molar-refractivity contribution in [2.24, 2.45) is 0 Å². The molecule has 4 rings (SSSR count). The van der Waals surface area contributed by atoms with E-state index < -0.39 is 6.10 Å². The highest BCUT2D eigenvalue weighted by atomic mass is 35.5. The lowest BCUT2D eigenvalue weighted by atomic mass is 10.1. The molecule has 2 aliphatic heterocycles. The number of piperidine rings is 1. The zero-order valence-electron chi connectivity index (χ0n) is 14.2. The highest BCUT2D eigenvalue weighted by Gasteiger charge is 2.36. The van der Waals surface area contributed by atoms with Crippen LogP contribution in [0, 0.1) is 0 Å². The maximum atomic E-state index is 13.0. The van der Waals surface area contributed by atoms with Gasteiger partial charge in [0.1, 0.15) is 5.75 Å². The molecule has 0 radical (unpaired) electrons. The van der Waals surface area contributed by atoms with Crippen molar-refractivity contribution >= 4 is 40.4 Å². The van der Waals surface area contributed by atoms with Crippen LogP contribution in [-0.2, 0) is 4.79 Å². The summed E-state index contributed by atoms with van der Waals surface area (Å²) in [6.07, 6.45) is 2.51. The summed E-state index contributed by atoms with van der Waals surface area (Å²) < 4.78 is 6.53. The van der Waals surface area contributed by atoms with Gasteiger partial charge < -0.3 is 9.64 Å². The second-order valence-corrected chi connectivity index (χ2v) is 8.19. The maximum absolute atomic E-state index is 13.0. The molecule has 0 aliphatic carbocycles. The molecule has 1 aromatic carbocycles. The lowest BCUT2D eigenvalue weighted by Crippen LogP contribution is -2.52. The van der Waals surface area contributed by atoms with E-state index in [1.54, 1.807) is 23.1 Å². The molecule has 0 bridgehead atoms. The normalized spacial score (nSPS) is 19.7. The summed E-state index contributed by atoms with van der Waals surface area (Å²) in [7, 11) is 0. The predicted molar refractivity (Wildman–Crippen MR) is 102 cm³/mol. The van der Waals surface area contributed by atoms with E-state index in [0.717, 1.165) is 32.4 Å². The molecule has 0 unspecified atom stereocenters. The van der Waals surface area contributed by atoms with Crippen molar-refractivity contribution in [1.29, 1.82) is 0 Å². The number of halogens is 1. The number of benzene rings is 1. The minimum Gasteiger partial charge on any atom is -0.476 e. The topological polar surface area (TPSA) is 49.9 Å². The molecule has 1 saturated heterocycles. The van der Waals surface area contributed by atoms with Gasteiger partial charge in [0, 0.05) is 13.1 Å². The second kappa shape index (κ2) is 7.29. The van der Waals surface area contributed by atoms with Crippen LogP contribution in [-0.4, -0.2) is 42.5 Å². The van der Waals surface area contributed by atoms with Gasteiger partial charge in [-0.15, -0.1) is 11.3 Å². The number of thiophene rings is 1. The van der Waals surface area contributed by atoms with Crippen molar-refractivity contribution in [1.82, 2.24) is 4.90 Å². The van der Waals surface area contributed by atoms with Gasteiger partial charge in [-0.25, -0.2) is 0 Å². The fraction of sp³-hybridized carbons (Fsp3) is 0.368. The molecule has 26 heavy (non-hydrogen) atoms. The molecular weight excluding hydrogens is 372 g/mol. The van der Waals surface area contributed by atoms with Crippen molar-refractivity contribution in [2.75, 3.05) is 24.5 Å². The summed E-state index contributed by atoms with van der Waals surface area (Å²) in [4.78, 5) is 30.0. The van der Waals surface area contributed by atoms with Gasteiger partial charge in [0.2, 0.25) is 0 Å². The highest BCUT2D eigenvalue weighted by Crippen LogP contribution is 2.35. The van der Waals surface area contributed by atoms with Gasteiger partial charge >= 0.3 is 0 Å². The third-order valence-corrected chi connectivity index (χ3v) is 5.97. The Bertz CT molecular complexity index is 832. The Labute approximate surface area is 161 Å². The lowest BCUT2D eigenvalue weighted by molar-refractivity contribution is -0.139. The Kier molecular flexibility index (Phi) is 4.87. The van der Waals surface area contributed by atoms with Gasteiger partial charge in [-0.05, 0) is 43.5 Å². The monoisotopic (exact) mass is 390 g/mol. The highest BCUT2D eigenvalue weighted by molar-refractivity contribution is 7.18. The molecule has 0 spiro atoms. The van der Waals surface area contributed by atoms with Crippen molar-refractivity contribution in [3.05, 3.63) is 45.6 Å². The molecule has 2 amide bonds. The summed E-state index contributed by atoms with van der Waals surface area (Å²) in [6, 6.07) is 10.8. The number of rotatable bonds is 2. The standard InChI is InChI=1S/C19H19ClN2O3S/c20-17-9-8-16(26-17)19(24)22-12-15(18(23)21-10-4-1-5-11-21)25-14-7-3-2-6-13(14)22/h2-3,6-9,15H,1,4-5,10-12H2/t15-/m1/s1. The molecule has 3 heterocycles. The first-order chi connectivity index (χ1) is 12.6. The molecule has 5 nitrogen and oxygen atoms in total. The van der Waals surface area contributed by atoms with Crippen LogP contribution in [0.1, 0.15) is 28.9 Å². The van der Waals surface area contributed by atoms with Crippen LogP contribution < -0.4 is 9.64 Å². The summed E-state index contributed by atoms with van der Waals surface area (Å²) in [5.41, 5.74) is 0.685. The van der Waals surface area contributed by atoms with E-state index in [1.165, 1.54) is 11.3 Å². The van der Waals surface area contributed by atoms with E-state index in [1.807, 2.05) is 23.1 Å². The van der Waals surface area contributed by atoms with Crippen LogP contribution in [0.5, 0.6) is 5.75 Å². The van der Waals surface area contributed by atoms with Crippen LogP contribution in [0.4, 0.5) is 5.69 Å². The van der Waals surface area contributed by atoms with E-state index in [9.17, 15) is 9.59 Å². The molecule has 2 aliphatic rings. The third-order valence-electron chi connectivity index (χ3n) is 4.75. The average Bonchev–Trinajstić information content (AvgIpc) is 3.13. The Morgan fingerprint density at radius 2 is 1.85 bits per heavy atom. The number of fused-ring (bicyclic) bond motifs is 1. The van der Waals surface area contributed by atoms with Crippen LogP contribution in [0.3, 0.4) is 0 Å². The van der Waals surface area contributed by atoms with Crippen molar-refractivity contribution in [2.45, 2.75) is 25.4 Å². The van der Waals surface area contributed by atoms with Crippen molar-refractivity contribution in [3.63, 3.8) is 0 Å². The summed E-state index contributed by atoms with van der Waals surface area (Å²) in [5, 5.41) is 0. The molecular formula is C19H19ClN2O3S. The number of likely N-dealkylation sites (tertiary alicyclic amines) is 1. The van der Waals surface area contributed by atoms with Crippen molar-refractivity contribution < 1.29 is 14.3 Å². The first-order valence-corrected chi connectivity index (χ1v) is 9.94. The molecule has 1 aromatic heterocycles. The van der Waals surface area contributed by atoms with E-state index in [-0.39, 0.29) is 18.4 Å². The zero-order valence-corrected chi connectivity index (χ0v) is 15.8. The quantitative estimate of drug-likeness (QED) is 0.783. The molecule has 2 aromatic rings. The number of hydrogen-bond donors (Lipinski definition) is 0. The fourth-order valence-corrected chi connectivity index (χ4v) is 4.43. The van der Waals surface area contributed by atoms with E-state index >= 15 is 0 Å². The Hall–Kier alpha value is -2.05. The minimum atomic E-state index is -0.678. The Morgan fingerprint density at radius 3 is 2.58 bits per heavy atom. The summed E-state index contributed by atoms with van der Waals surface area (Å²) in [6.45, 7) is 1.73. The Morgan fingerprint density at radius 1 is 1.08 bits per heavy atom. The van der Waals surface area contributed by atoms with E-state index in [2.05, 4.69) is 0 Å². The van der Waals surface area contributed by atoms with Crippen LogP contribution in [0.2, 0.25) is 4.34 Å².